The summed E-state index contributed by atoms with van der Waals surface area (Å²) in [5.41, 5.74) is 1.15. The fourth-order valence-electron chi connectivity index (χ4n) is 1.51. The smallest absolute Gasteiger partial charge is 0.0943 e. The summed E-state index contributed by atoms with van der Waals surface area (Å²) in [4.78, 5) is 4.49. The van der Waals surface area contributed by atoms with Crippen LogP contribution >= 0.6 is 11.3 Å². The summed E-state index contributed by atoms with van der Waals surface area (Å²) in [6.07, 6.45) is 4.91. The molecule has 0 fully saturated rings. The van der Waals surface area contributed by atoms with Crippen LogP contribution in [0.3, 0.4) is 0 Å². The van der Waals surface area contributed by atoms with Gasteiger partial charge in [-0.2, -0.15) is 0 Å². The van der Waals surface area contributed by atoms with Gasteiger partial charge in [0, 0.05) is 23.5 Å². The average Bonchev–Trinajstić information content (AvgIpc) is 2.58. The minimum Gasteiger partial charge on any atom is -0.317 e. The van der Waals surface area contributed by atoms with Crippen LogP contribution in [0.25, 0.3) is 0 Å². The summed E-state index contributed by atoms with van der Waals surface area (Å²) in [5, 5.41) is 6.75. The van der Waals surface area contributed by atoms with Gasteiger partial charge in [0.05, 0.1) is 5.01 Å². The molecule has 0 saturated heterocycles. The van der Waals surface area contributed by atoms with Gasteiger partial charge in [-0.25, -0.2) is 4.98 Å². The Morgan fingerprint density at radius 3 is 2.86 bits per heavy atom. The van der Waals surface area contributed by atoms with E-state index in [2.05, 4.69) is 29.5 Å². The van der Waals surface area contributed by atoms with Crippen molar-refractivity contribution >= 4 is 11.3 Å². The van der Waals surface area contributed by atoms with Crippen molar-refractivity contribution in [3.05, 3.63) is 16.1 Å². The Bertz CT molecular complexity index is 258. The molecule has 1 heterocycles. The van der Waals surface area contributed by atoms with Crippen LogP contribution in [0.5, 0.6) is 0 Å². The Morgan fingerprint density at radius 1 is 1.57 bits per heavy atom. The highest BCUT2D eigenvalue weighted by Gasteiger charge is 2.08. The van der Waals surface area contributed by atoms with Gasteiger partial charge in [0.1, 0.15) is 0 Å². The van der Waals surface area contributed by atoms with E-state index < -0.39 is 0 Å². The van der Waals surface area contributed by atoms with Crippen molar-refractivity contribution in [2.75, 3.05) is 7.05 Å². The van der Waals surface area contributed by atoms with Crippen molar-refractivity contribution in [3.63, 3.8) is 0 Å². The molecule has 1 unspecified atom stereocenters. The predicted molar refractivity (Wildman–Crippen MR) is 62.9 cm³/mol. The molecule has 0 saturated carbocycles. The number of nitrogens with one attached hydrogen (secondary N) is 1. The minimum absolute atomic E-state index is 0.598. The number of rotatable bonds is 6. The summed E-state index contributed by atoms with van der Waals surface area (Å²) >= 11 is 1.78. The van der Waals surface area contributed by atoms with Crippen molar-refractivity contribution in [2.45, 2.75) is 45.6 Å². The topological polar surface area (TPSA) is 24.9 Å². The summed E-state index contributed by atoms with van der Waals surface area (Å²) in [7, 11) is 2.04. The molecule has 0 aromatic carbocycles. The van der Waals surface area contributed by atoms with Gasteiger partial charge in [-0.1, -0.05) is 19.8 Å². The van der Waals surface area contributed by atoms with Crippen LogP contribution in [-0.4, -0.2) is 18.1 Å². The number of thiazole rings is 1. The van der Waals surface area contributed by atoms with Crippen LogP contribution in [0, 0.1) is 6.92 Å². The van der Waals surface area contributed by atoms with Crippen molar-refractivity contribution < 1.29 is 0 Å². The molecule has 1 N–H and O–H groups in total. The quantitative estimate of drug-likeness (QED) is 0.784. The van der Waals surface area contributed by atoms with E-state index in [4.69, 9.17) is 0 Å². The van der Waals surface area contributed by atoms with E-state index in [9.17, 15) is 0 Å². The summed E-state index contributed by atoms with van der Waals surface area (Å²) in [6.45, 7) is 4.29. The lowest BCUT2D eigenvalue weighted by Crippen LogP contribution is -2.27. The Morgan fingerprint density at radius 2 is 2.36 bits per heavy atom. The predicted octanol–water partition coefficient (Wildman–Crippen LogP) is 2.77. The molecule has 14 heavy (non-hydrogen) atoms. The maximum atomic E-state index is 4.49. The second kappa shape index (κ2) is 6.14. The molecular weight excluding hydrogens is 192 g/mol. The Balaban J connectivity index is 2.40. The normalized spacial score (nSPS) is 13.1. The lowest BCUT2D eigenvalue weighted by molar-refractivity contribution is 0.497. The van der Waals surface area contributed by atoms with Crippen molar-refractivity contribution in [3.8, 4) is 0 Å². The van der Waals surface area contributed by atoms with Crippen LogP contribution in [0.4, 0.5) is 0 Å². The highest BCUT2D eigenvalue weighted by atomic mass is 32.1. The molecule has 1 aromatic heterocycles. The first-order valence-corrected chi connectivity index (χ1v) is 6.22. The fraction of sp³-hybridized carbons (Fsp3) is 0.727. The molecule has 0 spiro atoms. The maximum absolute atomic E-state index is 4.49. The summed E-state index contributed by atoms with van der Waals surface area (Å²) < 4.78 is 0. The van der Waals surface area contributed by atoms with E-state index in [1.807, 2.05) is 7.05 Å². The molecular formula is C11H20N2S. The Kier molecular flexibility index (Phi) is 5.12. The molecule has 0 radical (unpaired) electrons. The van der Waals surface area contributed by atoms with Gasteiger partial charge >= 0.3 is 0 Å². The Hall–Kier alpha value is -0.410. The van der Waals surface area contributed by atoms with Crippen LogP contribution in [0.15, 0.2) is 5.38 Å². The van der Waals surface area contributed by atoms with Crippen molar-refractivity contribution in [1.29, 1.82) is 0 Å². The molecule has 0 bridgehead atoms. The first-order valence-electron chi connectivity index (χ1n) is 5.34. The monoisotopic (exact) mass is 212 g/mol. The van der Waals surface area contributed by atoms with Gasteiger partial charge < -0.3 is 5.32 Å². The molecule has 1 aromatic rings. The molecule has 3 heteroatoms. The molecule has 2 nitrogen and oxygen atoms in total. The number of aromatic nitrogens is 1. The second-order valence-corrected chi connectivity index (χ2v) is 4.66. The van der Waals surface area contributed by atoms with Gasteiger partial charge in [0.25, 0.3) is 0 Å². The zero-order chi connectivity index (χ0) is 10.4. The SMILES string of the molecule is CCCCC(Cc1nc(C)cs1)NC. The van der Waals surface area contributed by atoms with Gasteiger partial charge in [-0.15, -0.1) is 11.3 Å². The van der Waals surface area contributed by atoms with Crippen LogP contribution < -0.4 is 5.32 Å². The molecule has 0 aliphatic heterocycles. The average molecular weight is 212 g/mol. The number of hydrogen-bond donors (Lipinski definition) is 1. The molecule has 0 amide bonds. The molecule has 0 aliphatic rings. The third-order valence-electron chi connectivity index (χ3n) is 2.40. The largest absolute Gasteiger partial charge is 0.317 e. The number of hydrogen-bond acceptors (Lipinski definition) is 3. The van der Waals surface area contributed by atoms with E-state index >= 15 is 0 Å². The Labute approximate surface area is 90.8 Å². The number of nitrogens with zero attached hydrogens (tertiary/aromatic N) is 1. The third-order valence-corrected chi connectivity index (χ3v) is 3.39. The zero-order valence-corrected chi connectivity index (χ0v) is 10.2. The highest BCUT2D eigenvalue weighted by molar-refractivity contribution is 7.09. The van der Waals surface area contributed by atoms with Crippen LogP contribution in [-0.2, 0) is 6.42 Å². The standard InChI is InChI=1S/C11H20N2S/c1-4-5-6-10(12-3)7-11-13-9(2)8-14-11/h8,10,12H,4-7H2,1-3H3. The first-order chi connectivity index (χ1) is 6.76. The van der Waals surface area contributed by atoms with E-state index in [0.29, 0.717) is 6.04 Å². The van der Waals surface area contributed by atoms with Crippen LogP contribution in [0.1, 0.15) is 36.9 Å². The maximum Gasteiger partial charge on any atom is 0.0943 e. The van der Waals surface area contributed by atoms with Crippen molar-refractivity contribution in [1.82, 2.24) is 10.3 Å². The lowest BCUT2D eigenvalue weighted by atomic mass is 10.1. The second-order valence-electron chi connectivity index (χ2n) is 3.71. The summed E-state index contributed by atoms with van der Waals surface area (Å²) in [6, 6.07) is 0.598. The number of aryl methyl sites for hydroxylation is 1. The van der Waals surface area contributed by atoms with Crippen LogP contribution in [0.2, 0.25) is 0 Å². The zero-order valence-electron chi connectivity index (χ0n) is 9.34. The van der Waals surface area contributed by atoms with Gasteiger partial charge in [-0.05, 0) is 20.4 Å². The number of likely N-dealkylation sites (N-methyl/N-ethyl adjacent to an activating group) is 1. The molecule has 80 valence electrons. The fourth-order valence-corrected chi connectivity index (χ4v) is 2.36. The molecule has 1 atom stereocenters. The summed E-state index contributed by atoms with van der Waals surface area (Å²) in [5.74, 6) is 0. The molecule has 0 aliphatic carbocycles. The number of unbranched alkanes of at least 4 members (excludes halogenated alkanes) is 1. The van der Waals surface area contributed by atoms with Crippen molar-refractivity contribution in [2.24, 2.45) is 0 Å². The lowest BCUT2D eigenvalue weighted by Gasteiger charge is -2.13. The molecule has 1 rings (SSSR count). The van der Waals surface area contributed by atoms with Gasteiger partial charge in [0.15, 0.2) is 0 Å². The van der Waals surface area contributed by atoms with E-state index in [1.54, 1.807) is 11.3 Å². The van der Waals surface area contributed by atoms with E-state index in [0.717, 1.165) is 12.1 Å². The van der Waals surface area contributed by atoms with E-state index in [-0.39, 0.29) is 0 Å². The third kappa shape index (κ3) is 3.76. The van der Waals surface area contributed by atoms with Gasteiger partial charge in [-0.3, -0.25) is 0 Å². The first kappa shape index (κ1) is 11.7. The van der Waals surface area contributed by atoms with E-state index in [1.165, 1.54) is 24.3 Å². The highest BCUT2D eigenvalue weighted by Crippen LogP contribution is 2.13. The van der Waals surface area contributed by atoms with Gasteiger partial charge in [0.2, 0.25) is 0 Å². The minimum atomic E-state index is 0.598.